The zero-order chi connectivity index (χ0) is 20.1. The molecule has 0 aliphatic rings. The van der Waals surface area contributed by atoms with E-state index < -0.39 is 6.04 Å². The minimum absolute atomic E-state index is 0.0681. The molecule has 0 bridgehead atoms. The summed E-state index contributed by atoms with van der Waals surface area (Å²) in [5.41, 5.74) is 8.04. The average molecular weight is 376 g/mol. The standard InChI is InChI=1S/C22H37N3O2/c1-17(2)7-6-16-24-22(27)20(9-5-15-23)25-21(26)10-4-8-19-13-11-18(3)12-14-19/h11-14,17,20H,4-10,15-16,23H2,1-3H3,(H,24,27)(H,25,26)/t20-/m1/s1. The molecule has 5 heteroatoms. The zero-order valence-corrected chi connectivity index (χ0v) is 17.2. The third kappa shape index (κ3) is 10.8. The summed E-state index contributed by atoms with van der Waals surface area (Å²) in [4.78, 5) is 24.7. The van der Waals surface area contributed by atoms with Gasteiger partial charge in [-0.25, -0.2) is 0 Å². The number of hydrogen-bond acceptors (Lipinski definition) is 3. The highest BCUT2D eigenvalue weighted by Crippen LogP contribution is 2.08. The van der Waals surface area contributed by atoms with E-state index in [2.05, 4.69) is 55.7 Å². The Labute approximate surface area is 164 Å². The Morgan fingerprint density at radius 1 is 1.04 bits per heavy atom. The first-order valence-electron chi connectivity index (χ1n) is 10.2. The van der Waals surface area contributed by atoms with Crippen LogP contribution >= 0.6 is 0 Å². The van der Waals surface area contributed by atoms with E-state index in [1.165, 1.54) is 11.1 Å². The van der Waals surface area contributed by atoms with Crippen LogP contribution in [0.4, 0.5) is 0 Å². The fourth-order valence-electron chi connectivity index (χ4n) is 2.91. The van der Waals surface area contributed by atoms with Crippen molar-refractivity contribution in [1.29, 1.82) is 0 Å². The number of rotatable bonds is 13. The molecule has 0 aliphatic carbocycles. The van der Waals surface area contributed by atoms with Crippen LogP contribution in [0, 0.1) is 12.8 Å². The van der Waals surface area contributed by atoms with Crippen LogP contribution in [0.2, 0.25) is 0 Å². The second-order valence-corrected chi connectivity index (χ2v) is 7.72. The van der Waals surface area contributed by atoms with Gasteiger partial charge in [-0.3, -0.25) is 9.59 Å². The summed E-state index contributed by atoms with van der Waals surface area (Å²) in [6.07, 6.45) is 5.39. The van der Waals surface area contributed by atoms with Gasteiger partial charge in [0.05, 0.1) is 0 Å². The Kier molecular flexibility index (Phi) is 11.4. The molecule has 0 radical (unpaired) electrons. The van der Waals surface area contributed by atoms with E-state index >= 15 is 0 Å². The summed E-state index contributed by atoms with van der Waals surface area (Å²) >= 11 is 0. The van der Waals surface area contributed by atoms with Crippen LogP contribution in [0.25, 0.3) is 0 Å². The monoisotopic (exact) mass is 375 g/mol. The van der Waals surface area contributed by atoms with Gasteiger partial charge >= 0.3 is 0 Å². The maximum Gasteiger partial charge on any atom is 0.242 e. The number of carbonyl (C=O) groups is 2. The molecule has 0 saturated heterocycles. The largest absolute Gasteiger partial charge is 0.354 e. The normalized spacial score (nSPS) is 12.0. The number of hydrogen-bond donors (Lipinski definition) is 3. The van der Waals surface area contributed by atoms with Crippen molar-refractivity contribution < 1.29 is 9.59 Å². The third-order valence-electron chi connectivity index (χ3n) is 4.60. The number of aryl methyl sites for hydroxylation is 2. The highest BCUT2D eigenvalue weighted by atomic mass is 16.2. The molecular formula is C22H37N3O2. The Morgan fingerprint density at radius 3 is 2.37 bits per heavy atom. The number of amides is 2. The molecular weight excluding hydrogens is 338 g/mol. The van der Waals surface area contributed by atoms with Crippen molar-refractivity contribution in [3.8, 4) is 0 Å². The van der Waals surface area contributed by atoms with E-state index in [0.29, 0.717) is 38.3 Å². The van der Waals surface area contributed by atoms with E-state index in [-0.39, 0.29) is 11.8 Å². The number of nitrogens with two attached hydrogens (primary N) is 1. The van der Waals surface area contributed by atoms with E-state index in [1.807, 2.05) is 0 Å². The highest BCUT2D eigenvalue weighted by Gasteiger charge is 2.19. The van der Waals surface area contributed by atoms with Crippen LogP contribution in [0.3, 0.4) is 0 Å². The van der Waals surface area contributed by atoms with E-state index in [9.17, 15) is 9.59 Å². The van der Waals surface area contributed by atoms with Crippen LogP contribution in [0.5, 0.6) is 0 Å². The van der Waals surface area contributed by atoms with Crippen LogP contribution in [-0.2, 0) is 16.0 Å². The molecule has 1 aromatic rings. The molecule has 0 spiro atoms. The average Bonchev–Trinajstić information content (AvgIpc) is 2.63. The van der Waals surface area contributed by atoms with E-state index in [0.717, 1.165) is 25.7 Å². The van der Waals surface area contributed by atoms with Gasteiger partial charge in [-0.1, -0.05) is 43.7 Å². The molecule has 0 aromatic heterocycles. The molecule has 4 N–H and O–H groups in total. The highest BCUT2D eigenvalue weighted by molar-refractivity contribution is 5.87. The van der Waals surface area contributed by atoms with Crippen molar-refractivity contribution in [1.82, 2.24) is 10.6 Å². The molecule has 1 aromatic carbocycles. The smallest absolute Gasteiger partial charge is 0.242 e. The van der Waals surface area contributed by atoms with Gasteiger partial charge in [-0.05, 0) is 63.5 Å². The summed E-state index contributed by atoms with van der Waals surface area (Å²) < 4.78 is 0. The topological polar surface area (TPSA) is 84.2 Å². The lowest BCUT2D eigenvalue weighted by atomic mass is 10.1. The Hall–Kier alpha value is -1.88. The number of carbonyl (C=O) groups excluding carboxylic acids is 2. The Balaban J connectivity index is 2.38. The molecule has 0 unspecified atom stereocenters. The molecule has 0 saturated carbocycles. The van der Waals surface area contributed by atoms with Crippen molar-refractivity contribution in [2.24, 2.45) is 11.7 Å². The summed E-state index contributed by atoms with van der Waals surface area (Å²) in [5.74, 6) is 0.462. The van der Waals surface area contributed by atoms with Gasteiger partial charge in [0.2, 0.25) is 11.8 Å². The van der Waals surface area contributed by atoms with Crippen molar-refractivity contribution >= 4 is 11.8 Å². The maximum absolute atomic E-state index is 12.4. The predicted octanol–water partition coefficient (Wildman–Crippen LogP) is 3.09. The van der Waals surface area contributed by atoms with Gasteiger partial charge in [-0.15, -0.1) is 0 Å². The molecule has 152 valence electrons. The predicted molar refractivity (Wildman–Crippen MR) is 111 cm³/mol. The lowest BCUT2D eigenvalue weighted by molar-refractivity contribution is -0.129. The second kappa shape index (κ2) is 13.3. The first-order chi connectivity index (χ1) is 12.9. The molecule has 0 aliphatic heterocycles. The molecule has 1 atom stereocenters. The summed E-state index contributed by atoms with van der Waals surface area (Å²) in [5, 5.41) is 5.84. The minimum Gasteiger partial charge on any atom is -0.354 e. The quantitative estimate of drug-likeness (QED) is 0.463. The molecule has 1 rings (SSSR count). The van der Waals surface area contributed by atoms with Gasteiger partial charge in [0.25, 0.3) is 0 Å². The van der Waals surface area contributed by atoms with Crippen LogP contribution in [0.15, 0.2) is 24.3 Å². The maximum atomic E-state index is 12.4. The van der Waals surface area contributed by atoms with Gasteiger partial charge in [0, 0.05) is 13.0 Å². The Morgan fingerprint density at radius 2 is 1.74 bits per heavy atom. The fraction of sp³-hybridized carbons (Fsp3) is 0.636. The van der Waals surface area contributed by atoms with E-state index in [1.54, 1.807) is 0 Å². The molecule has 27 heavy (non-hydrogen) atoms. The minimum atomic E-state index is -0.487. The number of nitrogens with one attached hydrogen (secondary N) is 2. The molecule has 0 heterocycles. The van der Waals surface area contributed by atoms with Gasteiger partial charge < -0.3 is 16.4 Å². The van der Waals surface area contributed by atoms with Crippen molar-refractivity contribution in [2.75, 3.05) is 13.1 Å². The van der Waals surface area contributed by atoms with Crippen LogP contribution < -0.4 is 16.4 Å². The Bertz CT molecular complexity index is 555. The molecule has 5 nitrogen and oxygen atoms in total. The van der Waals surface area contributed by atoms with Gasteiger partial charge in [0.1, 0.15) is 6.04 Å². The van der Waals surface area contributed by atoms with E-state index in [4.69, 9.17) is 5.73 Å². The van der Waals surface area contributed by atoms with Crippen LogP contribution in [0.1, 0.15) is 63.5 Å². The SMILES string of the molecule is Cc1ccc(CCCC(=O)N[C@H](CCCN)C(=O)NCCCC(C)C)cc1. The summed E-state index contributed by atoms with van der Waals surface area (Å²) in [6.45, 7) is 7.57. The second-order valence-electron chi connectivity index (χ2n) is 7.72. The summed E-state index contributed by atoms with van der Waals surface area (Å²) in [7, 11) is 0. The zero-order valence-electron chi connectivity index (χ0n) is 17.2. The molecule has 2 amide bonds. The van der Waals surface area contributed by atoms with Gasteiger partial charge in [-0.2, -0.15) is 0 Å². The van der Waals surface area contributed by atoms with Gasteiger partial charge in [0.15, 0.2) is 0 Å². The van der Waals surface area contributed by atoms with Crippen molar-refractivity contribution in [3.63, 3.8) is 0 Å². The van der Waals surface area contributed by atoms with Crippen molar-refractivity contribution in [3.05, 3.63) is 35.4 Å². The lowest BCUT2D eigenvalue weighted by Gasteiger charge is -2.18. The lowest BCUT2D eigenvalue weighted by Crippen LogP contribution is -2.47. The first-order valence-corrected chi connectivity index (χ1v) is 10.2. The number of benzene rings is 1. The summed E-state index contributed by atoms with van der Waals surface area (Å²) in [6, 6.07) is 7.88. The van der Waals surface area contributed by atoms with Crippen molar-refractivity contribution in [2.45, 2.75) is 71.8 Å². The fourth-order valence-corrected chi connectivity index (χ4v) is 2.91. The first kappa shape index (κ1) is 23.2. The molecule has 0 fully saturated rings. The third-order valence-corrected chi connectivity index (χ3v) is 4.60. The van der Waals surface area contributed by atoms with Crippen LogP contribution in [-0.4, -0.2) is 30.9 Å².